The van der Waals surface area contributed by atoms with E-state index in [4.69, 9.17) is 5.14 Å². The van der Waals surface area contributed by atoms with Crippen molar-refractivity contribution < 1.29 is 8.42 Å². The number of nitrogens with two attached hydrogens (primary N) is 1. The maximum atomic E-state index is 10.7. The highest BCUT2D eigenvalue weighted by molar-refractivity contribution is 7.89. The fraction of sp³-hybridized carbons (Fsp3) is 0.500. The SMILES string of the molecule is CNc1ncnc(NCCS(N)(=O)=O)c1C. The number of primary sulfonamides is 1. The number of nitrogens with zero attached hydrogens (tertiary/aromatic N) is 2. The van der Waals surface area contributed by atoms with Crippen molar-refractivity contribution in [3.63, 3.8) is 0 Å². The van der Waals surface area contributed by atoms with Gasteiger partial charge in [0.1, 0.15) is 18.0 Å². The predicted octanol–water partition coefficient (Wildman–Crippen LogP) is -0.473. The molecule has 0 aliphatic rings. The highest BCUT2D eigenvalue weighted by Crippen LogP contribution is 2.16. The Morgan fingerprint density at radius 2 is 2.00 bits per heavy atom. The number of rotatable bonds is 5. The van der Waals surface area contributed by atoms with Gasteiger partial charge < -0.3 is 10.6 Å². The predicted molar refractivity (Wildman–Crippen MR) is 62.8 cm³/mol. The van der Waals surface area contributed by atoms with Crippen LogP contribution >= 0.6 is 0 Å². The van der Waals surface area contributed by atoms with E-state index in [0.29, 0.717) is 11.6 Å². The Labute approximate surface area is 94.5 Å². The molecule has 0 spiro atoms. The van der Waals surface area contributed by atoms with E-state index in [1.165, 1.54) is 6.33 Å². The molecule has 0 fully saturated rings. The summed E-state index contributed by atoms with van der Waals surface area (Å²) in [5.41, 5.74) is 0.833. The minimum Gasteiger partial charge on any atom is -0.373 e. The first-order valence-corrected chi connectivity index (χ1v) is 6.39. The molecule has 0 bridgehead atoms. The number of anilines is 2. The molecule has 0 radical (unpaired) electrons. The largest absolute Gasteiger partial charge is 0.373 e. The first-order chi connectivity index (χ1) is 7.44. The summed E-state index contributed by atoms with van der Waals surface area (Å²) in [6.45, 7) is 2.06. The quantitative estimate of drug-likeness (QED) is 0.646. The summed E-state index contributed by atoms with van der Waals surface area (Å²) in [6, 6.07) is 0. The lowest BCUT2D eigenvalue weighted by Crippen LogP contribution is -2.23. The van der Waals surface area contributed by atoms with Gasteiger partial charge in [-0.2, -0.15) is 0 Å². The molecule has 0 aromatic carbocycles. The third-order valence-corrected chi connectivity index (χ3v) is 2.77. The second-order valence-corrected chi connectivity index (χ2v) is 4.97. The number of nitrogens with one attached hydrogen (secondary N) is 2. The van der Waals surface area contributed by atoms with Gasteiger partial charge in [-0.05, 0) is 6.92 Å². The summed E-state index contributed by atoms with van der Waals surface area (Å²) >= 11 is 0. The molecular formula is C8H15N5O2S. The molecule has 0 saturated carbocycles. The molecule has 1 rings (SSSR count). The number of sulfonamides is 1. The van der Waals surface area contributed by atoms with Gasteiger partial charge in [0.2, 0.25) is 10.0 Å². The lowest BCUT2D eigenvalue weighted by Gasteiger charge is -2.10. The maximum absolute atomic E-state index is 10.7. The van der Waals surface area contributed by atoms with Crippen molar-refractivity contribution in [2.24, 2.45) is 5.14 Å². The van der Waals surface area contributed by atoms with Crippen LogP contribution in [0.25, 0.3) is 0 Å². The standard InChI is InChI=1S/C8H15N5O2S/c1-6-7(10-2)12-5-13-8(6)11-3-4-16(9,14)15/h5H,3-4H2,1-2H3,(H2,9,14,15)(H2,10,11,12,13). The van der Waals surface area contributed by atoms with E-state index in [2.05, 4.69) is 20.6 Å². The Balaban J connectivity index is 2.68. The summed E-state index contributed by atoms with van der Waals surface area (Å²) in [5.74, 6) is 1.17. The van der Waals surface area contributed by atoms with Crippen LogP contribution in [-0.4, -0.2) is 37.7 Å². The van der Waals surface area contributed by atoms with Crippen molar-refractivity contribution in [1.82, 2.24) is 9.97 Å². The van der Waals surface area contributed by atoms with Gasteiger partial charge in [-0.1, -0.05) is 0 Å². The van der Waals surface area contributed by atoms with E-state index in [1.807, 2.05) is 6.92 Å². The van der Waals surface area contributed by atoms with Crippen LogP contribution in [0.4, 0.5) is 11.6 Å². The highest BCUT2D eigenvalue weighted by Gasteiger charge is 2.06. The number of hydrogen-bond donors (Lipinski definition) is 3. The Morgan fingerprint density at radius 1 is 1.38 bits per heavy atom. The smallest absolute Gasteiger partial charge is 0.210 e. The third kappa shape index (κ3) is 3.63. The van der Waals surface area contributed by atoms with Crippen LogP contribution in [0.2, 0.25) is 0 Å². The fourth-order valence-corrected chi connectivity index (χ4v) is 1.58. The molecule has 1 heterocycles. The van der Waals surface area contributed by atoms with Crippen LogP contribution in [0.1, 0.15) is 5.56 Å². The van der Waals surface area contributed by atoms with E-state index in [1.54, 1.807) is 7.05 Å². The van der Waals surface area contributed by atoms with Crippen LogP contribution in [-0.2, 0) is 10.0 Å². The molecule has 4 N–H and O–H groups in total. The zero-order valence-corrected chi connectivity index (χ0v) is 10.0. The van der Waals surface area contributed by atoms with Crippen LogP contribution in [0.3, 0.4) is 0 Å². The van der Waals surface area contributed by atoms with E-state index in [0.717, 1.165) is 5.56 Å². The van der Waals surface area contributed by atoms with Crippen molar-refractivity contribution in [2.75, 3.05) is 30.0 Å². The third-order valence-electron chi connectivity index (χ3n) is 2.00. The molecule has 1 aromatic heterocycles. The lowest BCUT2D eigenvalue weighted by molar-refractivity contribution is 0.598. The van der Waals surface area contributed by atoms with Gasteiger partial charge in [0, 0.05) is 19.2 Å². The topological polar surface area (TPSA) is 110 Å². The summed E-state index contributed by atoms with van der Waals surface area (Å²) < 4.78 is 21.4. The Kier molecular flexibility index (Phi) is 4.02. The molecule has 0 unspecified atom stereocenters. The van der Waals surface area contributed by atoms with Gasteiger partial charge in [0.05, 0.1) is 5.75 Å². The number of hydrogen-bond acceptors (Lipinski definition) is 6. The van der Waals surface area contributed by atoms with Gasteiger partial charge in [0.15, 0.2) is 0 Å². The lowest BCUT2D eigenvalue weighted by atomic mass is 10.3. The van der Waals surface area contributed by atoms with E-state index >= 15 is 0 Å². The van der Waals surface area contributed by atoms with Crippen LogP contribution in [0.5, 0.6) is 0 Å². The molecule has 0 saturated heterocycles. The molecular weight excluding hydrogens is 230 g/mol. The fourth-order valence-electron chi connectivity index (χ4n) is 1.19. The van der Waals surface area contributed by atoms with E-state index in [9.17, 15) is 8.42 Å². The Bertz CT molecular complexity index is 459. The minimum absolute atomic E-state index is 0.134. The highest BCUT2D eigenvalue weighted by atomic mass is 32.2. The molecule has 8 heteroatoms. The van der Waals surface area contributed by atoms with Crippen molar-refractivity contribution in [1.29, 1.82) is 0 Å². The second kappa shape index (κ2) is 5.08. The minimum atomic E-state index is -3.44. The molecule has 1 aromatic rings. The number of aromatic nitrogens is 2. The molecule has 90 valence electrons. The molecule has 0 atom stereocenters. The Morgan fingerprint density at radius 3 is 2.56 bits per heavy atom. The van der Waals surface area contributed by atoms with E-state index < -0.39 is 10.0 Å². The summed E-state index contributed by atoms with van der Waals surface area (Å²) in [4.78, 5) is 8.02. The molecule has 0 amide bonds. The zero-order chi connectivity index (χ0) is 12.2. The second-order valence-electron chi connectivity index (χ2n) is 3.24. The first kappa shape index (κ1) is 12.7. The van der Waals surface area contributed by atoms with Crippen molar-refractivity contribution in [3.8, 4) is 0 Å². The van der Waals surface area contributed by atoms with Crippen LogP contribution < -0.4 is 15.8 Å². The molecule has 0 aliphatic carbocycles. The molecule has 16 heavy (non-hydrogen) atoms. The van der Waals surface area contributed by atoms with Gasteiger partial charge in [-0.3, -0.25) is 0 Å². The van der Waals surface area contributed by atoms with Crippen molar-refractivity contribution in [2.45, 2.75) is 6.92 Å². The van der Waals surface area contributed by atoms with Gasteiger partial charge >= 0.3 is 0 Å². The summed E-state index contributed by atoms with van der Waals surface area (Å²) in [6.07, 6.45) is 1.40. The van der Waals surface area contributed by atoms with E-state index in [-0.39, 0.29) is 12.3 Å². The normalized spacial score (nSPS) is 11.2. The average molecular weight is 245 g/mol. The van der Waals surface area contributed by atoms with Gasteiger partial charge in [-0.15, -0.1) is 0 Å². The molecule has 7 nitrogen and oxygen atoms in total. The van der Waals surface area contributed by atoms with Gasteiger partial charge in [0.25, 0.3) is 0 Å². The first-order valence-electron chi connectivity index (χ1n) is 4.67. The average Bonchev–Trinajstić information content (AvgIpc) is 2.19. The monoisotopic (exact) mass is 245 g/mol. The zero-order valence-electron chi connectivity index (χ0n) is 9.19. The van der Waals surface area contributed by atoms with Crippen molar-refractivity contribution >= 4 is 21.7 Å². The molecule has 0 aliphatic heterocycles. The Hall–Kier alpha value is -1.41. The van der Waals surface area contributed by atoms with Gasteiger partial charge in [-0.25, -0.2) is 23.5 Å². The van der Waals surface area contributed by atoms with Crippen LogP contribution in [0, 0.1) is 6.92 Å². The van der Waals surface area contributed by atoms with Crippen molar-refractivity contribution in [3.05, 3.63) is 11.9 Å². The van der Waals surface area contributed by atoms with Crippen LogP contribution in [0.15, 0.2) is 6.33 Å². The summed E-state index contributed by atoms with van der Waals surface area (Å²) in [7, 11) is -1.69. The maximum Gasteiger partial charge on any atom is 0.210 e. The summed E-state index contributed by atoms with van der Waals surface area (Å²) in [5, 5.41) is 10.7.